The molecule has 1 aliphatic heterocycles. The van der Waals surface area contributed by atoms with E-state index in [9.17, 15) is 14.9 Å². The van der Waals surface area contributed by atoms with E-state index in [0.29, 0.717) is 40.2 Å². The second kappa shape index (κ2) is 14.0. The minimum Gasteiger partial charge on any atom is -0.444 e. The fourth-order valence-corrected chi connectivity index (χ4v) is 7.77. The van der Waals surface area contributed by atoms with Crippen molar-refractivity contribution in [2.75, 3.05) is 18.4 Å². The summed E-state index contributed by atoms with van der Waals surface area (Å²) >= 11 is 14.4. The Labute approximate surface area is 264 Å². The molecule has 1 unspecified atom stereocenters. The SMILES string of the molecule is CCC(CC)C(=O)Nc1sc2c(c1C#N)CCC(N(Cc1ccc(Cl)cc1Cl)C[C@@H]1CCCN1C(=O)OC(C)(C)C)C2. The van der Waals surface area contributed by atoms with Crippen LogP contribution in [0, 0.1) is 17.2 Å². The van der Waals surface area contributed by atoms with E-state index in [0.717, 1.165) is 60.9 Å². The molecule has 1 N–H and O–H groups in total. The van der Waals surface area contributed by atoms with Crippen LogP contribution in [0.25, 0.3) is 0 Å². The van der Waals surface area contributed by atoms with Crippen LogP contribution in [0.15, 0.2) is 18.2 Å². The van der Waals surface area contributed by atoms with Gasteiger partial charge in [-0.2, -0.15) is 5.26 Å². The largest absolute Gasteiger partial charge is 0.444 e. The summed E-state index contributed by atoms with van der Waals surface area (Å²) in [6, 6.07) is 8.17. The molecule has 0 spiro atoms. The van der Waals surface area contributed by atoms with Gasteiger partial charge in [-0.3, -0.25) is 9.69 Å². The zero-order valence-electron chi connectivity index (χ0n) is 25.3. The summed E-state index contributed by atoms with van der Waals surface area (Å²) in [7, 11) is 0. The lowest BCUT2D eigenvalue weighted by molar-refractivity contribution is -0.120. The second-order valence-corrected chi connectivity index (χ2v) is 14.3. The molecule has 7 nitrogen and oxygen atoms in total. The molecule has 1 saturated heterocycles. The van der Waals surface area contributed by atoms with Gasteiger partial charge in [0.2, 0.25) is 5.91 Å². The zero-order chi connectivity index (χ0) is 30.6. The maximum atomic E-state index is 13.1. The first-order valence-corrected chi connectivity index (χ1v) is 16.5. The van der Waals surface area contributed by atoms with Crippen LogP contribution in [0.1, 0.15) is 88.3 Å². The van der Waals surface area contributed by atoms with E-state index in [4.69, 9.17) is 27.9 Å². The van der Waals surface area contributed by atoms with E-state index in [1.54, 1.807) is 6.07 Å². The van der Waals surface area contributed by atoms with Crippen molar-refractivity contribution < 1.29 is 14.3 Å². The number of nitrogens with one attached hydrogen (secondary N) is 1. The average molecular weight is 634 g/mol. The Morgan fingerprint density at radius 2 is 1.98 bits per heavy atom. The van der Waals surface area contributed by atoms with Gasteiger partial charge in [0.05, 0.1) is 5.56 Å². The predicted molar refractivity (Wildman–Crippen MR) is 170 cm³/mol. The number of rotatable bonds is 9. The summed E-state index contributed by atoms with van der Waals surface area (Å²) in [6.45, 7) is 11.7. The fraction of sp³-hybridized carbons (Fsp3) is 0.594. The van der Waals surface area contributed by atoms with Crippen molar-refractivity contribution >= 4 is 51.5 Å². The van der Waals surface area contributed by atoms with Crippen molar-refractivity contribution in [3.63, 3.8) is 0 Å². The Morgan fingerprint density at radius 1 is 1.24 bits per heavy atom. The number of likely N-dealkylation sites (tertiary alicyclic amines) is 1. The lowest BCUT2D eigenvalue weighted by Gasteiger charge is -2.38. The maximum Gasteiger partial charge on any atom is 0.410 e. The standard InChI is InChI=1S/C32H42Cl2N4O3S/c1-6-20(7-2)29(39)36-30-26(17-35)25-13-12-23(16-28(25)42-30)37(18-21-10-11-22(33)15-27(21)34)19-24-9-8-14-38(24)31(40)41-32(3,4)5/h10-11,15,20,23-24H,6-9,12-14,16,18-19H2,1-5H3,(H,36,39)/t23?,24-/m0/s1. The Morgan fingerprint density at radius 3 is 2.62 bits per heavy atom. The number of halogens is 2. The summed E-state index contributed by atoms with van der Waals surface area (Å²) in [5.41, 5.74) is 2.08. The van der Waals surface area contributed by atoms with Crippen LogP contribution < -0.4 is 5.32 Å². The second-order valence-electron chi connectivity index (χ2n) is 12.4. The van der Waals surface area contributed by atoms with E-state index >= 15 is 0 Å². The third-order valence-corrected chi connectivity index (χ3v) is 10.1. The number of benzene rings is 1. The number of thiophene rings is 1. The molecule has 2 heterocycles. The van der Waals surface area contributed by atoms with Crippen molar-refractivity contribution in [2.24, 2.45) is 5.92 Å². The van der Waals surface area contributed by atoms with E-state index in [1.807, 2.05) is 51.7 Å². The Hall–Kier alpha value is -2.31. The van der Waals surface area contributed by atoms with Gasteiger partial charge < -0.3 is 15.0 Å². The van der Waals surface area contributed by atoms with Gasteiger partial charge in [-0.25, -0.2) is 4.79 Å². The molecule has 2 amide bonds. The molecule has 1 aliphatic carbocycles. The number of ether oxygens (including phenoxy) is 1. The number of amides is 2. The first-order chi connectivity index (χ1) is 19.9. The molecule has 2 aromatic rings. The third kappa shape index (κ3) is 7.79. The molecule has 42 heavy (non-hydrogen) atoms. The number of nitriles is 1. The molecule has 0 saturated carbocycles. The average Bonchev–Trinajstić information content (AvgIpc) is 3.52. The molecule has 0 bridgehead atoms. The quantitative estimate of drug-likeness (QED) is 0.302. The number of carbonyl (C=O) groups is 2. The topological polar surface area (TPSA) is 85.7 Å². The zero-order valence-corrected chi connectivity index (χ0v) is 27.6. The number of fused-ring (bicyclic) bond motifs is 1. The highest BCUT2D eigenvalue weighted by Crippen LogP contribution is 2.40. The van der Waals surface area contributed by atoms with Crippen molar-refractivity contribution in [3.8, 4) is 6.07 Å². The van der Waals surface area contributed by atoms with E-state index < -0.39 is 5.60 Å². The molecule has 2 atom stereocenters. The Balaban J connectivity index is 1.59. The van der Waals surface area contributed by atoms with Gasteiger partial charge in [0, 0.05) is 52.6 Å². The number of carbonyl (C=O) groups excluding carboxylic acids is 2. The fourth-order valence-electron chi connectivity index (χ4n) is 6.03. The van der Waals surface area contributed by atoms with Crippen LogP contribution in [-0.4, -0.2) is 52.6 Å². The summed E-state index contributed by atoms with van der Waals surface area (Å²) < 4.78 is 5.74. The van der Waals surface area contributed by atoms with E-state index in [-0.39, 0.29) is 30.0 Å². The monoisotopic (exact) mass is 632 g/mol. The predicted octanol–water partition coefficient (Wildman–Crippen LogP) is 8.06. The van der Waals surface area contributed by atoms with Gasteiger partial charge in [0.15, 0.2) is 0 Å². The molecule has 1 aromatic carbocycles. The normalized spacial score (nSPS) is 18.7. The van der Waals surface area contributed by atoms with Crippen LogP contribution >= 0.6 is 34.5 Å². The van der Waals surface area contributed by atoms with Crippen LogP contribution in [0.5, 0.6) is 0 Å². The van der Waals surface area contributed by atoms with Crippen LogP contribution in [0.4, 0.5) is 9.80 Å². The molecule has 1 aromatic heterocycles. The Kier molecular flexibility index (Phi) is 10.9. The van der Waals surface area contributed by atoms with Gasteiger partial charge in [0.25, 0.3) is 0 Å². The summed E-state index contributed by atoms with van der Waals surface area (Å²) in [5, 5.41) is 15.0. The first kappa shape index (κ1) is 32.6. The summed E-state index contributed by atoms with van der Waals surface area (Å²) in [4.78, 5) is 31.4. The number of hydrogen-bond donors (Lipinski definition) is 1. The van der Waals surface area contributed by atoms with Gasteiger partial charge >= 0.3 is 6.09 Å². The molecule has 228 valence electrons. The van der Waals surface area contributed by atoms with Crippen molar-refractivity contribution in [2.45, 2.75) is 104 Å². The van der Waals surface area contributed by atoms with Gasteiger partial charge in [0.1, 0.15) is 16.7 Å². The van der Waals surface area contributed by atoms with Crippen molar-refractivity contribution in [3.05, 3.63) is 49.8 Å². The molecular weight excluding hydrogens is 591 g/mol. The molecule has 1 fully saturated rings. The lowest BCUT2D eigenvalue weighted by Crippen LogP contribution is -2.48. The molecule has 0 radical (unpaired) electrons. The minimum absolute atomic E-state index is 0.0193. The molecule has 2 aliphatic rings. The minimum atomic E-state index is -0.556. The summed E-state index contributed by atoms with van der Waals surface area (Å²) in [5.74, 6) is -0.0866. The smallest absolute Gasteiger partial charge is 0.410 e. The number of hydrogen-bond acceptors (Lipinski definition) is 6. The Bertz CT molecular complexity index is 1330. The van der Waals surface area contributed by atoms with Crippen LogP contribution in [0.3, 0.4) is 0 Å². The van der Waals surface area contributed by atoms with Crippen LogP contribution in [-0.2, 0) is 28.9 Å². The molecule has 4 rings (SSSR count). The molecule has 10 heteroatoms. The van der Waals surface area contributed by atoms with Crippen molar-refractivity contribution in [1.82, 2.24) is 9.80 Å². The van der Waals surface area contributed by atoms with Gasteiger partial charge in [-0.1, -0.05) is 43.1 Å². The number of nitrogens with zero attached hydrogens (tertiary/aromatic N) is 3. The van der Waals surface area contributed by atoms with Crippen molar-refractivity contribution in [1.29, 1.82) is 5.26 Å². The summed E-state index contributed by atoms with van der Waals surface area (Å²) in [6.07, 6.45) is 5.49. The van der Waals surface area contributed by atoms with E-state index in [2.05, 4.69) is 16.3 Å². The highest BCUT2D eigenvalue weighted by atomic mass is 35.5. The third-order valence-electron chi connectivity index (χ3n) is 8.30. The highest BCUT2D eigenvalue weighted by Gasteiger charge is 2.36. The van der Waals surface area contributed by atoms with E-state index in [1.165, 1.54) is 11.3 Å². The highest BCUT2D eigenvalue weighted by molar-refractivity contribution is 7.16. The maximum absolute atomic E-state index is 13.1. The number of anilines is 1. The van der Waals surface area contributed by atoms with Gasteiger partial charge in [-0.15, -0.1) is 11.3 Å². The molecular formula is C32H42Cl2N4O3S. The van der Waals surface area contributed by atoms with Gasteiger partial charge in [-0.05, 0) is 89.0 Å². The first-order valence-electron chi connectivity index (χ1n) is 15.0. The lowest BCUT2D eigenvalue weighted by atomic mass is 9.90. The van der Waals surface area contributed by atoms with Crippen LogP contribution in [0.2, 0.25) is 10.0 Å².